The standard InChI is InChI=1S/C20H31NO4/c1-15(2)18(20(23)24)8-4-5-14-21-19(22)9-6-7-16-10-12-17(25-3)13-11-16/h10-13,15,18H,4-9,14H2,1-3H3,(H,21,22)(H,23,24). The minimum Gasteiger partial charge on any atom is -0.497 e. The number of aliphatic carboxylic acids is 1. The number of aryl methyl sites for hydroxylation is 1. The van der Waals surface area contributed by atoms with E-state index in [9.17, 15) is 9.59 Å². The molecule has 0 aliphatic carbocycles. The highest BCUT2D eigenvalue weighted by molar-refractivity contribution is 5.75. The first-order valence-corrected chi connectivity index (χ1v) is 9.06. The van der Waals surface area contributed by atoms with Gasteiger partial charge in [-0.3, -0.25) is 9.59 Å². The predicted molar refractivity (Wildman–Crippen MR) is 98.8 cm³/mol. The molecule has 1 unspecified atom stereocenters. The number of unbranched alkanes of at least 4 members (excludes halogenated alkanes) is 1. The van der Waals surface area contributed by atoms with E-state index in [1.807, 2.05) is 38.1 Å². The van der Waals surface area contributed by atoms with Crippen molar-refractivity contribution < 1.29 is 19.4 Å². The Morgan fingerprint density at radius 3 is 2.36 bits per heavy atom. The maximum atomic E-state index is 11.8. The van der Waals surface area contributed by atoms with Crippen molar-refractivity contribution >= 4 is 11.9 Å². The zero-order valence-electron chi connectivity index (χ0n) is 15.6. The van der Waals surface area contributed by atoms with Crippen molar-refractivity contribution in [3.05, 3.63) is 29.8 Å². The summed E-state index contributed by atoms with van der Waals surface area (Å²) < 4.78 is 5.12. The summed E-state index contributed by atoms with van der Waals surface area (Å²) in [4.78, 5) is 22.9. The Morgan fingerprint density at radius 1 is 1.12 bits per heavy atom. The number of rotatable bonds is 12. The number of carboxylic acids is 1. The number of amides is 1. The molecule has 1 aromatic rings. The SMILES string of the molecule is COc1ccc(CCCC(=O)NCCCCC(C(=O)O)C(C)C)cc1. The summed E-state index contributed by atoms with van der Waals surface area (Å²) in [5.74, 6) is 0.0269. The Balaban J connectivity index is 2.11. The number of benzene rings is 1. The van der Waals surface area contributed by atoms with Crippen molar-refractivity contribution in [2.24, 2.45) is 11.8 Å². The molecule has 0 aliphatic rings. The van der Waals surface area contributed by atoms with E-state index in [0.717, 1.165) is 31.4 Å². The van der Waals surface area contributed by atoms with Crippen LogP contribution in [0.1, 0.15) is 51.5 Å². The van der Waals surface area contributed by atoms with Crippen LogP contribution >= 0.6 is 0 Å². The Labute approximate surface area is 150 Å². The van der Waals surface area contributed by atoms with Crippen molar-refractivity contribution in [2.75, 3.05) is 13.7 Å². The highest BCUT2D eigenvalue weighted by atomic mass is 16.5. The van der Waals surface area contributed by atoms with Gasteiger partial charge in [-0.05, 0) is 49.3 Å². The van der Waals surface area contributed by atoms with E-state index in [-0.39, 0.29) is 17.7 Å². The average molecular weight is 349 g/mol. The molecular formula is C20H31NO4. The third-order valence-corrected chi connectivity index (χ3v) is 4.41. The van der Waals surface area contributed by atoms with Crippen molar-refractivity contribution in [3.63, 3.8) is 0 Å². The molecule has 0 saturated carbocycles. The number of hydrogen-bond acceptors (Lipinski definition) is 3. The van der Waals surface area contributed by atoms with Gasteiger partial charge in [0.05, 0.1) is 13.0 Å². The second kappa shape index (κ2) is 11.5. The molecule has 1 amide bonds. The quantitative estimate of drug-likeness (QED) is 0.565. The number of carbonyl (C=O) groups excluding carboxylic acids is 1. The summed E-state index contributed by atoms with van der Waals surface area (Å²) >= 11 is 0. The molecule has 25 heavy (non-hydrogen) atoms. The first-order chi connectivity index (χ1) is 11.9. The monoisotopic (exact) mass is 349 g/mol. The van der Waals surface area contributed by atoms with Gasteiger partial charge in [-0.2, -0.15) is 0 Å². The minimum atomic E-state index is -0.724. The summed E-state index contributed by atoms with van der Waals surface area (Å²) in [5, 5.41) is 12.0. The zero-order valence-corrected chi connectivity index (χ0v) is 15.6. The fourth-order valence-corrected chi connectivity index (χ4v) is 2.79. The number of hydrogen-bond donors (Lipinski definition) is 2. The van der Waals surface area contributed by atoms with Crippen LogP contribution in [0, 0.1) is 11.8 Å². The van der Waals surface area contributed by atoms with Gasteiger partial charge in [0.15, 0.2) is 0 Å². The minimum absolute atomic E-state index is 0.0622. The normalized spacial score (nSPS) is 12.0. The van der Waals surface area contributed by atoms with Crippen LogP contribution < -0.4 is 10.1 Å². The van der Waals surface area contributed by atoms with E-state index < -0.39 is 5.97 Å². The molecule has 0 radical (unpaired) electrons. The van der Waals surface area contributed by atoms with Crippen LogP contribution in [0.2, 0.25) is 0 Å². The summed E-state index contributed by atoms with van der Waals surface area (Å²) in [5.41, 5.74) is 1.20. The first kappa shape index (κ1) is 21.0. The molecule has 1 aromatic carbocycles. The van der Waals surface area contributed by atoms with Crippen LogP contribution in [0.15, 0.2) is 24.3 Å². The number of nitrogens with one attached hydrogen (secondary N) is 1. The molecule has 5 heteroatoms. The van der Waals surface area contributed by atoms with Crippen LogP contribution in [-0.2, 0) is 16.0 Å². The van der Waals surface area contributed by atoms with Gasteiger partial charge in [0, 0.05) is 13.0 Å². The van der Waals surface area contributed by atoms with Crippen molar-refractivity contribution in [2.45, 2.75) is 52.4 Å². The van der Waals surface area contributed by atoms with Gasteiger partial charge in [0.2, 0.25) is 5.91 Å². The molecule has 0 heterocycles. The third-order valence-electron chi connectivity index (χ3n) is 4.41. The molecule has 0 fully saturated rings. The molecule has 2 N–H and O–H groups in total. The van der Waals surface area contributed by atoms with E-state index in [1.165, 1.54) is 5.56 Å². The van der Waals surface area contributed by atoms with E-state index in [2.05, 4.69) is 5.32 Å². The average Bonchev–Trinajstić information content (AvgIpc) is 2.57. The number of methoxy groups -OCH3 is 1. The van der Waals surface area contributed by atoms with Crippen LogP contribution in [0.25, 0.3) is 0 Å². The van der Waals surface area contributed by atoms with Crippen molar-refractivity contribution in [1.29, 1.82) is 0 Å². The summed E-state index contributed by atoms with van der Waals surface area (Å²) in [6.45, 7) is 4.48. The van der Waals surface area contributed by atoms with Gasteiger partial charge < -0.3 is 15.2 Å². The summed E-state index contributed by atoms with van der Waals surface area (Å²) in [6, 6.07) is 7.89. The highest BCUT2D eigenvalue weighted by Crippen LogP contribution is 2.18. The molecule has 0 aromatic heterocycles. The lowest BCUT2D eigenvalue weighted by atomic mass is 9.91. The van der Waals surface area contributed by atoms with Crippen molar-refractivity contribution in [1.82, 2.24) is 5.32 Å². The highest BCUT2D eigenvalue weighted by Gasteiger charge is 2.20. The topological polar surface area (TPSA) is 75.6 Å². The number of ether oxygens (including phenoxy) is 1. The fourth-order valence-electron chi connectivity index (χ4n) is 2.79. The molecule has 0 aliphatic heterocycles. The molecule has 0 bridgehead atoms. The molecule has 5 nitrogen and oxygen atoms in total. The lowest BCUT2D eigenvalue weighted by Crippen LogP contribution is -2.25. The molecule has 1 rings (SSSR count). The van der Waals surface area contributed by atoms with Gasteiger partial charge in [0.1, 0.15) is 5.75 Å². The summed E-state index contributed by atoms with van der Waals surface area (Å²) in [7, 11) is 1.64. The Kier molecular flexibility index (Phi) is 9.66. The van der Waals surface area contributed by atoms with Crippen LogP contribution in [0.3, 0.4) is 0 Å². The van der Waals surface area contributed by atoms with Gasteiger partial charge in [0.25, 0.3) is 0 Å². The van der Waals surface area contributed by atoms with Crippen LogP contribution in [-0.4, -0.2) is 30.6 Å². The molecular weight excluding hydrogens is 318 g/mol. The lowest BCUT2D eigenvalue weighted by Gasteiger charge is -2.15. The van der Waals surface area contributed by atoms with E-state index >= 15 is 0 Å². The van der Waals surface area contributed by atoms with Gasteiger partial charge in [-0.25, -0.2) is 0 Å². The number of carbonyl (C=O) groups is 2. The summed E-state index contributed by atoms with van der Waals surface area (Å²) in [6.07, 6.45) is 4.50. The van der Waals surface area contributed by atoms with Gasteiger partial charge in [-0.1, -0.05) is 32.4 Å². The maximum absolute atomic E-state index is 11.8. The lowest BCUT2D eigenvalue weighted by molar-refractivity contribution is -0.143. The molecule has 0 spiro atoms. The molecule has 0 saturated heterocycles. The van der Waals surface area contributed by atoms with Crippen molar-refractivity contribution in [3.8, 4) is 5.75 Å². The maximum Gasteiger partial charge on any atom is 0.306 e. The van der Waals surface area contributed by atoms with E-state index in [0.29, 0.717) is 19.4 Å². The van der Waals surface area contributed by atoms with Crippen LogP contribution in [0.4, 0.5) is 0 Å². The van der Waals surface area contributed by atoms with Gasteiger partial charge >= 0.3 is 5.97 Å². The van der Waals surface area contributed by atoms with E-state index in [1.54, 1.807) is 7.11 Å². The molecule has 1 atom stereocenters. The second-order valence-corrected chi connectivity index (χ2v) is 6.74. The Hall–Kier alpha value is -2.04. The molecule has 140 valence electrons. The second-order valence-electron chi connectivity index (χ2n) is 6.74. The van der Waals surface area contributed by atoms with Crippen LogP contribution in [0.5, 0.6) is 5.75 Å². The smallest absolute Gasteiger partial charge is 0.306 e. The Bertz CT molecular complexity index is 525. The predicted octanol–water partition coefficient (Wildman–Crippen LogP) is 3.66. The third kappa shape index (κ3) is 8.57. The Morgan fingerprint density at radius 2 is 1.80 bits per heavy atom. The fraction of sp³-hybridized carbons (Fsp3) is 0.600. The van der Waals surface area contributed by atoms with E-state index in [4.69, 9.17) is 9.84 Å². The number of carboxylic acid groups (broad SMARTS) is 1. The van der Waals surface area contributed by atoms with Gasteiger partial charge in [-0.15, -0.1) is 0 Å². The zero-order chi connectivity index (χ0) is 18.7. The largest absolute Gasteiger partial charge is 0.497 e. The first-order valence-electron chi connectivity index (χ1n) is 9.06.